The van der Waals surface area contributed by atoms with Crippen molar-refractivity contribution in [3.05, 3.63) is 0 Å². The fourth-order valence-corrected chi connectivity index (χ4v) is 5.86. The Labute approximate surface area is 140 Å². The highest BCUT2D eigenvalue weighted by molar-refractivity contribution is 5.79. The van der Waals surface area contributed by atoms with E-state index in [0.717, 1.165) is 62.6 Å². The number of ketones is 1. The van der Waals surface area contributed by atoms with Crippen LogP contribution in [0, 0.1) is 23.7 Å². The average Bonchev–Trinajstić information content (AvgIpc) is 3.05. The van der Waals surface area contributed by atoms with E-state index in [1.165, 1.54) is 51.4 Å². The zero-order chi connectivity index (χ0) is 15.7. The Morgan fingerprint density at radius 3 is 1.61 bits per heavy atom. The van der Waals surface area contributed by atoms with Crippen molar-refractivity contribution >= 4 is 5.78 Å². The third kappa shape index (κ3) is 3.51. The molecule has 4 fully saturated rings. The number of carbonyl (C=O) groups excluding carboxylic acids is 1. The van der Waals surface area contributed by atoms with Gasteiger partial charge in [0.1, 0.15) is 5.78 Å². The van der Waals surface area contributed by atoms with E-state index in [-0.39, 0.29) is 5.79 Å². The minimum absolute atomic E-state index is 0.192. The maximum Gasteiger partial charge on any atom is 0.168 e. The van der Waals surface area contributed by atoms with E-state index < -0.39 is 0 Å². The molecule has 3 saturated carbocycles. The molecule has 4 aliphatic rings. The molecule has 130 valence electrons. The number of rotatable bonds is 2. The van der Waals surface area contributed by atoms with Gasteiger partial charge >= 0.3 is 0 Å². The van der Waals surface area contributed by atoms with Crippen molar-refractivity contribution in [3.8, 4) is 0 Å². The highest BCUT2D eigenvalue weighted by Crippen LogP contribution is 2.47. The second-order valence-corrected chi connectivity index (χ2v) is 8.50. The molecule has 3 nitrogen and oxygen atoms in total. The van der Waals surface area contributed by atoms with Crippen LogP contribution in [-0.2, 0) is 14.3 Å². The highest BCUT2D eigenvalue weighted by atomic mass is 16.7. The van der Waals surface area contributed by atoms with Gasteiger partial charge in [0.25, 0.3) is 0 Å². The Hall–Kier alpha value is -0.410. The minimum Gasteiger partial charge on any atom is -0.348 e. The Bertz CT molecular complexity index is 399. The fraction of sp³-hybridized carbons (Fsp3) is 0.950. The van der Waals surface area contributed by atoms with Crippen molar-refractivity contribution < 1.29 is 14.3 Å². The monoisotopic (exact) mass is 320 g/mol. The lowest BCUT2D eigenvalue weighted by molar-refractivity contribution is -0.185. The molecule has 1 spiro atoms. The van der Waals surface area contributed by atoms with Crippen LogP contribution >= 0.6 is 0 Å². The first-order valence-corrected chi connectivity index (χ1v) is 10.0. The van der Waals surface area contributed by atoms with Crippen molar-refractivity contribution in [2.75, 3.05) is 13.2 Å². The lowest BCUT2D eigenvalue weighted by atomic mass is 9.66. The quantitative estimate of drug-likeness (QED) is 0.752. The summed E-state index contributed by atoms with van der Waals surface area (Å²) >= 11 is 0. The van der Waals surface area contributed by atoms with Crippen LogP contribution in [-0.4, -0.2) is 24.8 Å². The summed E-state index contributed by atoms with van der Waals surface area (Å²) in [6.07, 6.45) is 14.6. The zero-order valence-corrected chi connectivity index (χ0v) is 14.4. The van der Waals surface area contributed by atoms with Crippen LogP contribution in [0.4, 0.5) is 0 Å². The smallest absolute Gasteiger partial charge is 0.168 e. The Kier molecular flexibility index (Phi) is 4.78. The van der Waals surface area contributed by atoms with E-state index >= 15 is 0 Å². The maximum atomic E-state index is 11.4. The SMILES string of the molecule is O=C1CCC(C2CCC(C3CCC4(CC3)OCCO4)CC2)CC1. The molecule has 23 heavy (non-hydrogen) atoms. The third-order valence-corrected chi connectivity index (χ3v) is 7.34. The number of hydrogen-bond donors (Lipinski definition) is 0. The molecule has 0 aromatic rings. The summed E-state index contributed by atoms with van der Waals surface area (Å²) in [5.74, 6) is 3.92. The van der Waals surface area contributed by atoms with Gasteiger partial charge in [0.2, 0.25) is 0 Å². The minimum atomic E-state index is -0.192. The summed E-state index contributed by atoms with van der Waals surface area (Å²) in [6, 6.07) is 0. The molecule has 3 heteroatoms. The van der Waals surface area contributed by atoms with Crippen LogP contribution in [0.15, 0.2) is 0 Å². The summed E-state index contributed by atoms with van der Waals surface area (Å²) < 4.78 is 11.7. The first-order valence-electron chi connectivity index (χ1n) is 10.0. The van der Waals surface area contributed by atoms with Gasteiger partial charge in [0.05, 0.1) is 13.2 Å². The molecule has 0 radical (unpaired) electrons. The van der Waals surface area contributed by atoms with Crippen LogP contribution in [0.5, 0.6) is 0 Å². The topological polar surface area (TPSA) is 35.5 Å². The van der Waals surface area contributed by atoms with Crippen molar-refractivity contribution in [1.29, 1.82) is 0 Å². The summed E-state index contributed by atoms with van der Waals surface area (Å²) in [5, 5.41) is 0. The van der Waals surface area contributed by atoms with Gasteiger partial charge in [-0.15, -0.1) is 0 Å². The van der Waals surface area contributed by atoms with E-state index in [9.17, 15) is 4.79 Å². The summed E-state index contributed by atoms with van der Waals surface area (Å²) in [5.41, 5.74) is 0. The first-order chi connectivity index (χ1) is 11.2. The van der Waals surface area contributed by atoms with Gasteiger partial charge in [-0.3, -0.25) is 4.79 Å². The third-order valence-electron chi connectivity index (χ3n) is 7.34. The van der Waals surface area contributed by atoms with Gasteiger partial charge in [0.15, 0.2) is 5.79 Å². The van der Waals surface area contributed by atoms with E-state index in [4.69, 9.17) is 9.47 Å². The fourth-order valence-electron chi connectivity index (χ4n) is 5.86. The molecule has 0 N–H and O–H groups in total. The van der Waals surface area contributed by atoms with E-state index in [0.29, 0.717) is 5.78 Å². The van der Waals surface area contributed by atoms with Gasteiger partial charge in [-0.1, -0.05) is 0 Å². The molecule has 1 heterocycles. The first kappa shape index (κ1) is 16.1. The molecule has 0 unspecified atom stereocenters. The predicted molar refractivity (Wildman–Crippen MR) is 89.0 cm³/mol. The van der Waals surface area contributed by atoms with Crippen LogP contribution in [0.25, 0.3) is 0 Å². The van der Waals surface area contributed by atoms with Crippen LogP contribution < -0.4 is 0 Å². The molecule has 3 aliphatic carbocycles. The van der Waals surface area contributed by atoms with Crippen molar-refractivity contribution in [3.63, 3.8) is 0 Å². The molecule has 0 aromatic carbocycles. The molecule has 1 aliphatic heterocycles. The Morgan fingerprint density at radius 2 is 1.09 bits per heavy atom. The second-order valence-electron chi connectivity index (χ2n) is 8.50. The largest absolute Gasteiger partial charge is 0.348 e. The molecule has 1 saturated heterocycles. The van der Waals surface area contributed by atoms with E-state index in [1.54, 1.807) is 0 Å². The molecule has 0 bridgehead atoms. The van der Waals surface area contributed by atoms with Gasteiger partial charge in [-0.05, 0) is 75.0 Å². The standard InChI is InChI=1S/C20H32O3/c21-19-7-5-17(6-8-19)15-1-3-16(4-2-15)18-9-11-20(12-10-18)22-13-14-23-20/h15-18H,1-14H2. The number of Topliss-reactive ketones (excluding diaryl/α,β-unsaturated/α-hetero) is 1. The zero-order valence-electron chi connectivity index (χ0n) is 14.4. The lowest BCUT2D eigenvalue weighted by Crippen LogP contribution is -2.38. The van der Waals surface area contributed by atoms with Gasteiger partial charge in [0, 0.05) is 25.7 Å². The van der Waals surface area contributed by atoms with E-state index in [1.807, 2.05) is 0 Å². The molecular weight excluding hydrogens is 288 g/mol. The number of carbonyl (C=O) groups is 1. The summed E-state index contributed by atoms with van der Waals surface area (Å²) in [6.45, 7) is 1.58. The second kappa shape index (κ2) is 6.84. The van der Waals surface area contributed by atoms with E-state index in [2.05, 4.69) is 0 Å². The van der Waals surface area contributed by atoms with Gasteiger partial charge < -0.3 is 9.47 Å². The van der Waals surface area contributed by atoms with Crippen molar-refractivity contribution in [2.45, 2.75) is 82.8 Å². The van der Waals surface area contributed by atoms with Crippen molar-refractivity contribution in [1.82, 2.24) is 0 Å². The van der Waals surface area contributed by atoms with Crippen LogP contribution in [0.1, 0.15) is 77.0 Å². The molecule has 4 rings (SSSR count). The highest BCUT2D eigenvalue weighted by Gasteiger charge is 2.42. The van der Waals surface area contributed by atoms with Crippen molar-refractivity contribution in [2.24, 2.45) is 23.7 Å². The average molecular weight is 320 g/mol. The molecule has 0 atom stereocenters. The normalized spacial score (nSPS) is 36.6. The summed E-state index contributed by atoms with van der Waals surface area (Å²) in [7, 11) is 0. The van der Waals surface area contributed by atoms with Gasteiger partial charge in [-0.25, -0.2) is 0 Å². The Morgan fingerprint density at radius 1 is 0.652 bits per heavy atom. The van der Waals surface area contributed by atoms with Gasteiger partial charge in [-0.2, -0.15) is 0 Å². The number of hydrogen-bond acceptors (Lipinski definition) is 3. The molecule has 0 aromatic heterocycles. The lowest BCUT2D eigenvalue weighted by Gasteiger charge is -2.42. The molecule has 0 amide bonds. The van der Waals surface area contributed by atoms with Crippen LogP contribution in [0.2, 0.25) is 0 Å². The Balaban J connectivity index is 1.23. The molecular formula is C20H32O3. The maximum absolute atomic E-state index is 11.4. The van der Waals surface area contributed by atoms with Crippen LogP contribution in [0.3, 0.4) is 0 Å². The predicted octanol–water partition coefficient (Wildman–Crippen LogP) is 4.49. The number of ether oxygens (including phenoxy) is 2. The summed E-state index contributed by atoms with van der Waals surface area (Å²) in [4.78, 5) is 11.4.